The molecule has 0 saturated carbocycles. The lowest BCUT2D eigenvalue weighted by Crippen LogP contribution is -2.11. The van der Waals surface area contributed by atoms with Crippen LogP contribution in [0, 0.1) is 6.92 Å². The zero-order valence-electron chi connectivity index (χ0n) is 17.2. The van der Waals surface area contributed by atoms with Crippen LogP contribution in [0.15, 0.2) is 48.5 Å². The molecule has 31 heavy (non-hydrogen) atoms. The van der Waals surface area contributed by atoms with Gasteiger partial charge in [0.1, 0.15) is 20.6 Å². The van der Waals surface area contributed by atoms with Crippen LogP contribution in [0.2, 0.25) is 0 Å². The van der Waals surface area contributed by atoms with Gasteiger partial charge in [0.15, 0.2) is 0 Å². The van der Waals surface area contributed by atoms with Crippen LogP contribution in [-0.2, 0) is 4.74 Å². The predicted molar refractivity (Wildman–Crippen MR) is 125 cm³/mol. The van der Waals surface area contributed by atoms with Crippen LogP contribution in [0.4, 0.5) is 5.00 Å². The van der Waals surface area contributed by atoms with Crippen molar-refractivity contribution in [1.82, 2.24) is 4.98 Å². The largest absolute Gasteiger partial charge is 0.497 e. The Morgan fingerprint density at radius 2 is 1.90 bits per heavy atom. The maximum absolute atomic E-state index is 13.0. The summed E-state index contributed by atoms with van der Waals surface area (Å²) in [6.07, 6.45) is 0. The van der Waals surface area contributed by atoms with E-state index in [-0.39, 0.29) is 12.5 Å². The van der Waals surface area contributed by atoms with Crippen molar-refractivity contribution in [3.63, 3.8) is 0 Å². The fraction of sp³-hybridized carbons (Fsp3) is 0.174. The summed E-state index contributed by atoms with van der Waals surface area (Å²) in [5.41, 5.74) is 2.81. The molecule has 0 aliphatic carbocycles. The Labute approximate surface area is 187 Å². The molecule has 0 saturated heterocycles. The highest BCUT2D eigenvalue weighted by Gasteiger charge is 2.25. The summed E-state index contributed by atoms with van der Waals surface area (Å²) < 4.78 is 11.5. The third-order valence-corrected chi connectivity index (χ3v) is 6.92. The molecule has 0 spiro atoms. The van der Waals surface area contributed by atoms with Gasteiger partial charge in [-0.25, -0.2) is 9.78 Å². The third-order valence-electron chi connectivity index (χ3n) is 4.67. The molecule has 0 aliphatic rings. The molecule has 0 atom stereocenters. The topological polar surface area (TPSA) is 77.5 Å². The van der Waals surface area contributed by atoms with Crippen molar-refractivity contribution >= 4 is 49.8 Å². The second-order valence-corrected chi connectivity index (χ2v) is 8.70. The van der Waals surface area contributed by atoms with Gasteiger partial charge in [0.05, 0.1) is 23.9 Å². The Kier molecular flexibility index (Phi) is 6.01. The number of para-hydroxylation sites is 1. The number of hydrogen-bond donors (Lipinski definition) is 1. The fourth-order valence-corrected chi connectivity index (χ4v) is 5.41. The summed E-state index contributed by atoms with van der Waals surface area (Å²) in [5.74, 6) is -0.110. The number of rotatable bonds is 6. The van der Waals surface area contributed by atoms with Gasteiger partial charge in [0.2, 0.25) is 0 Å². The summed E-state index contributed by atoms with van der Waals surface area (Å²) in [6.45, 7) is 3.89. The van der Waals surface area contributed by atoms with E-state index < -0.39 is 5.97 Å². The van der Waals surface area contributed by atoms with E-state index in [0.717, 1.165) is 26.4 Å². The first-order valence-electron chi connectivity index (χ1n) is 9.63. The van der Waals surface area contributed by atoms with Gasteiger partial charge in [-0.3, -0.25) is 4.79 Å². The SMILES string of the molecule is CCOC(=O)c1sc(NC(=O)c2cccc(OC)c2)c(-c2nc3ccccc3s2)c1C. The van der Waals surface area contributed by atoms with E-state index in [4.69, 9.17) is 14.5 Å². The van der Waals surface area contributed by atoms with E-state index in [1.54, 1.807) is 38.3 Å². The highest BCUT2D eigenvalue weighted by Crippen LogP contribution is 2.43. The number of nitrogens with zero attached hydrogens (tertiary/aromatic N) is 1. The smallest absolute Gasteiger partial charge is 0.348 e. The number of methoxy groups -OCH3 is 1. The molecule has 0 bridgehead atoms. The average Bonchev–Trinajstić information content (AvgIpc) is 3.34. The van der Waals surface area contributed by atoms with Crippen LogP contribution in [-0.4, -0.2) is 30.6 Å². The van der Waals surface area contributed by atoms with Gasteiger partial charge in [-0.15, -0.1) is 22.7 Å². The zero-order valence-corrected chi connectivity index (χ0v) is 18.9. The number of carbonyl (C=O) groups is 2. The van der Waals surface area contributed by atoms with Crippen molar-refractivity contribution in [2.75, 3.05) is 19.0 Å². The van der Waals surface area contributed by atoms with Crippen molar-refractivity contribution in [3.8, 4) is 16.3 Å². The molecule has 2 heterocycles. The Balaban J connectivity index is 1.79. The Morgan fingerprint density at radius 3 is 2.65 bits per heavy atom. The zero-order chi connectivity index (χ0) is 22.0. The minimum Gasteiger partial charge on any atom is -0.497 e. The Bertz CT molecular complexity index is 1240. The molecule has 8 heteroatoms. The normalized spacial score (nSPS) is 10.8. The second-order valence-electron chi connectivity index (χ2n) is 6.65. The first kappa shape index (κ1) is 21.0. The predicted octanol–water partition coefficient (Wildman–Crippen LogP) is 5.77. The van der Waals surface area contributed by atoms with Gasteiger partial charge in [-0.05, 0) is 49.7 Å². The van der Waals surface area contributed by atoms with E-state index in [1.165, 1.54) is 22.7 Å². The lowest BCUT2D eigenvalue weighted by Gasteiger charge is -2.07. The minimum atomic E-state index is -0.408. The van der Waals surface area contributed by atoms with Gasteiger partial charge in [0, 0.05) is 11.1 Å². The number of anilines is 1. The number of hydrogen-bond acceptors (Lipinski definition) is 7. The molecule has 4 rings (SSSR count). The number of esters is 1. The van der Waals surface area contributed by atoms with Crippen LogP contribution < -0.4 is 10.1 Å². The number of thiophene rings is 1. The van der Waals surface area contributed by atoms with Crippen molar-refractivity contribution in [2.45, 2.75) is 13.8 Å². The molecule has 2 aromatic carbocycles. The molecule has 4 aromatic rings. The van der Waals surface area contributed by atoms with Crippen LogP contribution >= 0.6 is 22.7 Å². The van der Waals surface area contributed by atoms with Crippen LogP contribution in [0.5, 0.6) is 5.75 Å². The molecule has 0 radical (unpaired) electrons. The lowest BCUT2D eigenvalue weighted by molar-refractivity contribution is 0.0531. The molecule has 0 aliphatic heterocycles. The molecule has 1 amide bonds. The van der Waals surface area contributed by atoms with E-state index in [9.17, 15) is 9.59 Å². The van der Waals surface area contributed by atoms with Gasteiger partial charge >= 0.3 is 5.97 Å². The minimum absolute atomic E-state index is 0.276. The number of aromatic nitrogens is 1. The van der Waals surface area contributed by atoms with E-state index in [2.05, 4.69) is 5.32 Å². The molecular weight excluding hydrogens is 432 g/mol. The van der Waals surface area contributed by atoms with Crippen LogP contribution in [0.25, 0.3) is 20.8 Å². The van der Waals surface area contributed by atoms with Crippen LogP contribution in [0.3, 0.4) is 0 Å². The molecule has 6 nitrogen and oxygen atoms in total. The monoisotopic (exact) mass is 452 g/mol. The van der Waals surface area contributed by atoms with Crippen molar-refractivity contribution in [3.05, 3.63) is 64.5 Å². The summed E-state index contributed by atoms with van der Waals surface area (Å²) in [7, 11) is 1.55. The fourth-order valence-electron chi connectivity index (χ4n) is 3.17. The van der Waals surface area contributed by atoms with Crippen molar-refractivity contribution in [1.29, 1.82) is 0 Å². The van der Waals surface area contributed by atoms with E-state index in [1.807, 2.05) is 31.2 Å². The molecule has 0 unspecified atom stereocenters. The van der Waals surface area contributed by atoms with Crippen molar-refractivity contribution < 1.29 is 19.1 Å². The van der Waals surface area contributed by atoms with E-state index in [0.29, 0.717) is 21.2 Å². The number of amides is 1. The summed E-state index contributed by atoms with van der Waals surface area (Å²) >= 11 is 2.72. The first-order valence-corrected chi connectivity index (χ1v) is 11.3. The number of ether oxygens (including phenoxy) is 2. The third kappa shape index (κ3) is 4.17. The van der Waals surface area contributed by atoms with Crippen molar-refractivity contribution in [2.24, 2.45) is 0 Å². The first-order chi connectivity index (χ1) is 15.0. The highest BCUT2D eigenvalue weighted by molar-refractivity contribution is 7.23. The Hall–Kier alpha value is -3.23. The lowest BCUT2D eigenvalue weighted by atomic mass is 10.1. The molecule has 1 N–H and O–H groups in total. The summed E-state index contributed by atoms with van der Waals surface area (Å²) in [5, 5.41) is 4.27. The standard InChI is InChI=1S/C23H20N2O4S2/c1-4-29-23(27)19-13(2)18(21-24-16-10-5-6-11-17(16)30-21)22(31-19)25-20(26)14-8-7-9-15(12-14)28-3/h5-12H,4H2,1-3H3,(H,25,26). The maximum Gasteiger partial charge on any atom is 0.348 e. The highest BCUT2D eigenvalue weighted by atomic mass is 32.1. The maximum atomic E-state index is 13.0. The second kappa shape index (κ2) is 8.87. The molecular formula is C23H20N2O4S2. The van der Waals surface area contributed by atoms with Gasteiger partial charge in [-0.1, -0.05) is 18.2 Å². The average molecular weight is 453 g/mol. The van der Waals surface area contributed by atoms with Gasteiger partial charge < -0.3 is 14.8 Å². The molecule has 2 aromatic heterocycles. The quantitative estimate of drug-likeness (QED) is 0.376. The number of thiazole rings is 1. The summed E-state index contributed by atoms with van der Waals surface area (Å²) in [4.78, 5) is 30.7. The summed E-state index contributed by atoms with van der Waals surface area (Å²) in [6, 6.07) is 14.7. The van der Waals surface area contributed by atoms with E-state index >= 15 is 0 Å². The number of nitrogens with one attached hydrogen (secondary N) is 1. The van der Waals surface area contributed by atoms with Gasteiger partial charge in [0.25, 0.3) is 5.91 Å². The number of benzene rings is 2. The number of carbonyl (C=O) groups excluding carboxylic acids is 2. The molecule has 0 fully saturated rings. The van der Waals surface area contributed by atoms with Crippen LogP contribution in [0.1, 0.15) is 32.5 Å². The Morgan fingerprint density at radius 1 is 1.10 bits per heavy atom. The molecule has 158 valence electrons. The van der Waals surface area contributed by atoms with Gasteiger partial charge in [-0.2, -0.15) is 0 Å². The number of fused-ring (bicyclic) bond motifs is 1.